The van der Waals surface area contributed by atoms with Crippen LogP contribution in [0, 0.1) is 12.8 Å². The molecule has 1 saturated carbocycles. The fourth-order valence-electron chi connectivity index (χ4n) is 8.13. The first-order valence-electron chi connectivity index (χ1n) is 15.4. The summed E-state index contributed by atoms with van der Waals surface area (Å²) in [6, 6.07) is 18.7. The SMILES string of the molecule is CN1CC[C@@]23CCCC[C@H]2[C@@H]1Cc1ccc(O)cc13.COc1ccc2c(c1)c(CC(=O)O)c(C)n2C(=O)c1ccc(Cl)cc1. The summed E-state index contributed by atoms with van der Waals surface area (Å²) < 4.78 is 6.77. The van der Waals surface area contributed by atoms with Crippen molar-refractivity contribution in [3.8, 4) is 11.5 Å². The summed E-state index contributed by atoms with van der Waals surface area (Å²) in [5, 5.41) is 20.4. The molecule has 7 nitrogen and oxygen atoms in total. The van der Waals surface area contributed by atoms with Gasteiger partial charge in [-0.25, -0.2) is 0 Å². The van der Waals surface area contributed by atoms with Crippen LogP contribution in [0.2, 0.25) is 5.02 Å². The molecule has 44 heavy (non-hydrogen) atoms. The van der Waals surface area contributed by atoms with Gasteiger partial charge in [0.15, 0.2) is 0 Å². The number of likely N-dealkylation sites (tertiary alicyclic amines) is 1. The van der Waals surface area contributed by atoms with E-state index in [4.69, 9.17) is 16.3 Å². The number of halogens is 1. The number of likely N-dealkylation sites (N-methyl/N-ethyl adjacent to an activating group) is 1. The Bertz CT molecular complexity index is 1730. The van der Waals surface area contributed by atoms with E-state index in [9.17, 15) is 19.8 Å². The van der Waals surface area contributed by atoms with Gasteiger partial charge in [-0.15, -0.1) is 0 Å². The zero-order chi connectivity index (χ0) is 31.2. The van der Waals surface area contributed by atoms with Crippen LogP contribution in [0.5, 0.6) is 11.5 Å². The van der Waals surface area contributed by atoms with E-state index in [0.717, 1.165) is 12.0 Å². The van der Waals surface area contributed by atoms with Crippen molar-refractivity contribution in [1.29, 1.82) is 0 Å². The average molecular weight is 615 g/mol. The van der Waals surface area contributed by atoms with Crippen LogP contribution >= 0.6 is 11.6 Å². The molecule has 0 unspecified atom stereocenters. The first-order chi connectivity index (χ1) is 21.1. The van der Waals surface area contributed by atoms with Gasteiger partial charge in [0.1, 0.15) is 11.5 Å². The van der Waals surface area contributed by atoms with Crippen molar-refractivity contribution < 1.29 is 24.5 Å². The molecule has 2 heterocycles. The minimum absolute atomic E-state index is 0.170. The molecule has 0 radical (unpaired) electrons. The maximum atomic E-state index is 13.0. The quantitative estimate of drug-likeness (QED) is 0.257. The van der Waals surface area contributed by atoms with Crippen molar-refractivity contribution in [2.24, 2.45) is 5.92 Å². The molecule has 1 saturated heterocycles. The van der Waals surface area contributed by atoms with Crippen molar-refractivity contribution in [2.75, 3.05) is 20.7 Å². The number of phenolic OH excluding ortho intramolecular Hbond substituents is 1. The third-order valence-electron chi connectivity index (χ3n) is 10.3. The van der Waals surface area contributed by atoms with Gasteiger partial charge in [-0.1, -0.05) is 30.5 Å². The fourth-order valence-corrected chi connectivity index (χ4v) is 8.26. The van der Waals surface area contributed by atoms with Crippen LogP contribution in [0.15, 0.2) is 60.7 Å². The van der Waals surface area contributed by atoms with Crippen LogP contribution in [0.1, 0.15) is 64.8 Å². The van der Waals surface area contributed by atoms with E-state index >= 15 is 0 Å². The number of fused-ring (bicyclic) bond motifs is 2. The van der Waals surface area contributed by atoms with E-state index in [0.29, 0.717) is 49.7 Å². The molecule has 2 bridgehead atoms. The highest BCUT2D eigenvalue weighted by Crippen LogP contribution is 2.55. The van der Waals surface area contributed by atoms with Crippen LogP contribution in [0.4, 0.5) is 0 Å². The van der Waals surface area contributed by atoms with Crippen LogP contribution in [0.3, 0.4) is 0 Å². The molecule has 8 heteroatoms. The molecule has 3 atom stereocenters. The lowest BCUT2D eigenvalue weighted by atomic mass is 9.52. The molecule has 2 fully saturated rings. The molecule has 3 aromatic carbocycles. The second kappa shape index (κ2) is 11.9. The fraction of sp³-hybridized carbons (Fsp3) is 0.389. The topological polar surface area (TPSA) is 92.0 Å². The molecule has 2 N–H and O–H groups in total. The van der Waals surface area contributed by atoms with Crippen LogP contribution in [-0.4, -0.2) is 58.3 Å². The minimum atomic E-state index is -0.955. The highest BCUT2D eigenvalue weighted by molar-refractivity contribution is 6.30. The summed E-state index contributed by atoms with van der Waals surface area (Å²) in [6.45, 7) is 2.97. The molecule has 230 valence electrons. The standard InChI is InChI=1S/C19H16ClNO4.C17H23NO/c1-11-15(10-18(22)23)16-9-14(25-2)7-8-17(16)21(11)19(24)12-3-5-13(20)6-4-12;1-18-9-8-17-7-3-2-4-14(17)16(18)10-12-5-6-13(19)11-15(12)17/h3-9H,10H2,1-2H3,(H,22,23);5-6,11,14,16,19H,2-4,7-10H2,1H3/t;14-,16-,17-/m.0/s1. The van der Waals surface area contributed by atoms with Gasteiger partial charge in [-0.3, -0.25) is 14.2 Å². The predicted octanol–water partition coefficient (Wildman–Crippen LogP) is 7.01. The Morgan fingerprint density at radius 3 is 2.55 bits per heavy atom. The number of nitrogens with zero attached hydrogens (tertiary/aromatic N) is 2. The molecule has 2 aliphatic carbocycles. The van der Waals surface area contributed by atoms with E-state index < -0.39 is 5.97 Å². The number of rotatable bonds is 4. The molecule has 7 rings (SSSR count). The molecular formula is C36H39ClN2O5. The maximum Gasteiger partial charge on any atom is 0.307 e. The summed E-state index contributed by atoms with van der Waals surface area (Å²) >= 11 is 5.89. The highest BCUT2D eigenvalue weighted by Gasteiger charge is 2.53. The van der Waals surface area contributed by atoms with E-state index in [2.05, 4.69) is 24.1 Å². The summed E-state index contributed by atoms with van der Waals surface area (Å²) in [5.41, 5.74) is 5.68. The minimum Gasteiger partial charge on any atom is -0.508 e. The van der Waals surface area contributed by atoms with Gasteiger partial charge >= 0.3 is 5.97 Å². The van der Waals surface area contributed by atoms with Gasteiger partial charge in [-0.2, -0.15) is 0 Å². The molecule has 1 aliphatic heterocycles. The van der Waals surface area contributed by atoms with Crippen molar-refractivity contribution >= 4 is 34.4 Å². The lowest BCUT2D eigenvalue weighted by Crippen LogP contribution is -2.59. The van der Waals surface area contributed by atoms with Gasteiger partial charge in [0.2, 0.25) is 0 Å². The van der Waals surface area contributed by atoms with Crippen molar-refractivity contribution in [3.63, 3.8) is 0 Å². The third-order valence-corrected chi connectivity index (χ3v) is 10.5. The van der Waals surface area contributed by atoms with Crippen LogP contribution in [0.25, 0.3) is 10.9 Å². The number of carbonyl (C=O) groups excluding carboxylic acids is 1. The Kier molecular flexibility index (Phi) is 8.20. The molecule has 0 amide bonds. The van der Waals surface area contributed by atoms with Gasteiger partial charge in [0, 0.05) is 33.1 Å². The van der Waals surface area contributed by atoms with E-state index in [1.54, 1.807) is 56.5 Å². The summed E-state index contributed by atoms with van der Waals surface area (Å²) in [6.07, 6.45) is 7.76. The molecule has 3 aliphatic rings. The third kappa shape index (κ3) is 5.26. The Morgan fingerprint density at radius 2 is 1.82 bits per heavy atom. The number of piperidine rings is 1. The lowest BCUT2D eigenvalue weighted by molar-refractivity contribution is -0.136. The monoisotopic (exact) mass is 614 g/mol. The molecular weight excluding hydrogens is 576 g/mol. The second-order valence-corrected chi connectivity index (χ2v) is 13.0. The smallest absolute Gasteiger partial charge is 0.307 e. The van der Waals surface area contributed by atoms with Gasteiger partial charge < -0.3 is 19.8 Å². The molecule has 1 aromatic heterocycles. The number of phenols is 1. The summed E-state index contributed by atoms with van der Waals surface area (Å²) in [4.78, 5) is 26.8. The predicted molar refractivity (Wildman–Crippen MR) is 172 cm³/mol. The second-order valence-electron chi connectivity index (χ2n) is 12.5. The average Bonchev–Trinajstić information content (AvgIpc) is 3.29. The number of benzene rings is 3. The van der Waals surface area contributed by atoms with Crippen LogP contribution < -0.4 is 4.74 Å². The van der Waals surface area contributed by atoms with Gasteiger partial charge in [0.05, 0.1) is 19.0 Å². The number of aromatic nitrogens is 1. The number of aromatic hydroxyl groups is 1. The largest absolute Gasteiger partial charge is 0.508 e. The number of hydrogen-bond donors (Lipinski definition) is 2. The summed E-state index contributed by atoms with van der Waals surface area (Å²) in [5.74, 6) is 0.684. The van der Waals surface area contributed by atoms with Gasteiger partial charge in [-0.05, 0) is 123 Å². The molecule has 0 spiro atoms. The number of ether oxygens (including phenoxy) is 1. The van der Waals surface area contributed by atoms with E-state index in [1.165, 1.54) is 60.8 Å². The number of carbonyl (C=O) groups is 2. The number of hydrogen-bond acceptors (Lipinski definition) is 5. The Hall–Kier alpha value is -3.81. The highest BCUT2D eigenvalue weighted by atomic mass is 35.5. The number of carboxylic acid groups (broad SMARTS) is 1. The van der Waals surface area contributed by atoms with Crippen molar-refractivity contribution in [3.05, 3.63) is 93.6 Å². The number of aliphatic carboxylic acids is 1. The van der Waals surface area contributed by atoms with Gasteiger partial charge in [0.25, 0.3) is 5.91 Å². The number of carboxylic acids is 1. The maximum absolute atomic E-state index is 13.0. The zero-order valence-corrected chi connectivity index (χ0v) is 26.2. The van der Waals surface area contributed by atoms with Crippen molar-refractivity contribution in [1.82, 2.24) is 9.47 Å². The number of methoxy groups -OCH3 is 1. The Labute approximate surface area is 263 Å². The lowest BCUT2D eigenvalue weighted by Gasteiger charge is -2.58. The summed E-state index contributed by atoms with van der Waals surface area (Å²) in [7, 11) is 3.84. The Balaban J connectivity index is 0.000000161. The van der Waals surface area contributed by atoms with E-state index in [-0.39, 0.29) is 12.3 Å². The normalized spacial score (nSPS) is 22.4. The van der Waals surface area contributed by atoms with Crippen molar-refractivity contribution in [2.45, 2.75) is 63.3 Å². The first-order valence-corrected chi connectivity index (χ1v) is 15.7. The zero-order valence-electron chi connectivity index (χ0n) is 25.5. The Morgan fingerprint density at radius 1 is 1.05 bits per heavy atom. The molecule has 4 aromatic rings. The van der Waals surface area contributed by atoms with Crippen LogP contribution in [-0.2, 0) is 23.1 Å². The first kappa shape index (κ1) is 30.2. The van der Waals surface area contributed by atoms with E-state index in [1.807, 2.05) is 6.07 Å².